The molecular weight excluding hydrogens is 298 g/mol. The molecule has 0 saturated carbocycles. The first-order chi connectivity index (χ1) is 11.7. The van der Waals surface area contributed by atoms with Gasteiger partial charge in [-0.2, -0.15) is 0 Å². The molecule has 24 heavy (non-hydrogen) atoms. The fraction of sp³-hybridized carbons (Fsp3) is 0.350. The van der Waals surface area contributed by atoms with Crippen molar-refractivity contribution in [2.24, 2.45) is 0 Å². The number of rotatable bonds is 4. The van der Waals surface area contributed by atoms with E-state index in [2.05, 4.69) is 41.4 Å². The van der Waals surface area contributed by atoms with Crippen LogP contribution in [0.1, 0.15) is 18.1 Å². The molecule has 1 aliphatic heterocycles. The summed E-state index contributed by atoms with van der Waals surface area (Å²) in [4.78, 5) is 16.7. The Morgan fingerprint density at radius 1 is 1.00 bits per heavy atom. The van der Waals surface area contributed by atoms with E-state index < -0.39 is 0 Å². The van der Waals surface area contributed by atoms with Crippen molar-refractivity contribution in [2.75, 3.05) is 19.6 Å². The van der Waals surface area contributed by atoms with Crippen molar-refractivity contribution in [3.05, 3.63) is 71.8 Å². The van der Waals surface area contributed by atoms with Crippen LogP contribution in [0.25, 0.3) is 0 Å². The standard InChI is InChI=1S/C20H25N3O/c1-17-15-23(20(24)21-14-18-8-4-2-5-9-18)13-12-22(17)16-19-10-6-3-7-11-19/h2-11,17H,12-16H2,1H3,(H,21,24). The molecule has 1 atom stereocenters. The summed E-state index contributed by atoms with van der Waals surface area (Å²) in [6, 6.07) is 20.9. The van der Waals surface area contributed by atoms with E-state index in [4.69, 9.17) is 0 Å². The predicted octanol–water partition coefficient (Wildman–Crippen LogP) is 3.10. The molecule has 1 N–H and O–H groups in total. The molecule has 0 aliphatic carbocycles. The third kappa shape index (κ3) is 4.36. The van der Waals surface area contributed by atoms with E-state index in [1.807, 2.05) is 41.3 Å². The number of amides is 2. The summed E-state index contributed by atoms with van der Waals surface area (Å²) < 4.78 is 0. The fourth-order valence-electron chi connectivity index (χ4n) is 3.12. The van der Waals surface area contributed by atoms with Gasteiger partial charge in [-0.1, -0.05) is 60.7 Å². The lowest BCUT2D eigenvalue weighted by molar-refractivity contribution is 0.0924. The molecule has 1 unspecified atom stereocenters. The van der Waals surface area contributed by atoms with Crippen molar-refractivity contribution in [1.29, 1.82) is 0 Å². The molecular formula is C20H25N3O. The van der Waals surface area contributed by atoms with Crippen molar-refractivity contribution in [2.45, 2.75) is 26.1 Å². The van der Waals surface area contributed by atoms with Gasteiger partial charge in [0.25, 0.3) is 0 Å². The predicted molar refractivity (Wildman–Crippen MR) is 96.6 cm³/mol. The van der Waals surface area contributed by atoms with Crippen LogP contribution in [0.5, 0.6) is 0 Å². The molecule has 3 rings (SSSR count). The monoisotopic (exact) mass is 323 g/mol. The largest absolute Gasteiger partial charge is 0.334 e. The van der Waals surface area contributed by atoms with E-state index in [-0.39, 0.29) is 6.03 Å². The number of hydrogen-bond donors (Lipinski definition) is 1. The number of nitrogens with zero attached hydrogens (tertiary/aromatic N) is 2. The van der Waals surface area contributed by atoms with Gasteiger partial charge in [-0.05, 0) is 18.1 Å². The molecule has 126 valence electrons. The number of carbonyl (C=O) groups is 1. The van der Waals surface area contributed by atoms with Gasteiger partial charge in [0.15, 0.2) is 0 Å². The zero-order valence-corrected chi connectivity index (χ0v) is 14.2. The first-order valence-corrected chi connectivity index (χ1v) is 8.57. The SMILES string of the molecule is CC1CN(C(=O)NCc2ccccc2)CCN1Cc1ccccc1. The van der Waals surface area contributed by atoms with E-state index in [1.165, 1.54) is 5.56 Å². The average Bonchev–Trinajstić information content (AvgIpc) is 2.63. The first-order valence-electron chi connectivity index (χ1n) is 8.57. The van der Waals surface area contributed by atoms with Crippen LogP contribution in [0.3, 0.4) is 0 Å². The number of carbonyl (C=O) groups excluding carboxylic acids is 1. The quantitative estimate of drug-likeness (QED) is 0.938. The van der Waals surface area contributed by atoms with Gasteiger partial charge in [-0.25, -0.2) is 4.79 Å². The Bertz CT molecular complexity index is 644. The maximum atomic E-state index is 12.4. The highest BCUT2D eigenvalue weighted by atomic mass is 16.2. The van der Waals surface area contributed by atoms with Crippen LogP contribution in [-0.4, -0.2) is 41.5 Å². The van der Waals surface area contributed by atoms with Crippen LogP contribution in [-0.2, 0) is 13.1 Å². The van der Waals surface area contributed by atoms with Gasteiger partial charge in [0.1, 0.15) is 0 Å². The molecule has 4 nitrogen and oxygen atoms in total. The van der Waals surface area contributed by atoms with E-state index in [1.54, 1.807) is 0 Å². The van der Waals surface area contributed by atoms with E-state index in [0.717, 1.165) is 31.7 Å². The number of urea groups is 1. The van der Waals surface area contributed by atoms with E-state index in [9.17, 15) is 4.79 Å². The first kappa shape index (κ1) is 16.5. The molecule has 1 aliphatic rings. The summed E-state index contributed by atoms with van der Waals surface area (Å²) in [5, 5.41) is 3.02. The van der Waals surface area contributed by atoms with Crippen molar-refractivity contribution in [1.82, 2.24) is 15.1 Å². The molecule has 2 aromatic carbocycles. The molecule has 0 aromatic heterocycles. The van der Waals surface area contributed by atoms with Crippen molar-refractivity contribution in [3.63, 3.8) is 0 Å². The van der Waals surface area contributed by atoms with Crippen molar-refractivity contribution < 1.29 is 4.79 Å². The highest BCUT2D eigenvalue weighted by molar-refractivity contribution is 5.74. The smallest absolute Gasteiger partial charge is 0.317 e. The molecule has 1 saturated heterocycles. The Hall–Kier alpha value is -2.33. The molecule has 0 bridgehead atoms. The zero-order valence-electron chi connectivity index (χ0n) is 14.2. The summed E-state index contributed by atoms with van der Waals surface area (Å²) in [5.41, 5.74) is 2.45. The number of piperazine rings is 1. The van der Waals surface area contributed by atoms with Gasteiger partial charge in [-0.15, -0.1) is 0 Å². The highest BCUT2D eigenvalue weighted by Crippen LogP contribution is 2.14. The molecule has 2 amide bonds. The van der Waals surface area contributed by atoms with Crippen molar-refractivity contribution in [3.8, 4) is 0 Å². The molecule has 0 radical (unpaired) electrons. The number of nitrogens with one attached hydrogen (secondary N) is 1. The topological polar surface area (TPSA) is 35.6 Å². The average molecular weight is 323 g/mol. The van der Waals surface area contributed by atoms with Crippen LogP contribution in [0.15, 0.2) is 60.7 Å². The lowest BCUT2D eigenvalue weighted by Gasteiger charge is -2.39. The second kappa shape index (κ2) is 7.97. The van der Waals surface area contributed by atoms with E-state index >= 15 is 0 Å². The third-order valence-electron chi connectivity index (χ3n) is 4.57. The Labute approximate surface area is 144 Å². The fourth-order valence-corrected chi connectivity index (χ4v) is 3.12. The summed E-state index contributed by atoms with van der Waals surface area (Å²) in [6.07, 6.45) is 0. The zero-order chi connectivity index (χ0) is 16.8. The summed E-state index contributed by atoms with van der Waals surface area (Å²) in [5.74, 6) is 0. The van der Waals surface area contributed by atoms with Crippen LogP contribution in [0.2, 0.25) is 0 Å². The van der Waals surface area contributed by atoms with Gasteiger partial charge in [0.05, 0.1) is 0 Å². The number of benzene rings is 2. The molecule has 2 aromatic rings. The Morgan fingerprint density at radius 3 is 2.25 bits per heavy atom. The molecule has 0 spiro atoms. The molecule has 1 fully saturated rings. The minimum Gasteiger partial charge on any atom is -0.334 e. The normalized spacial score (nSPS) is 18.4. The molecule has 4 heteroatoms. The van der Waals surface area contributed by atoms with E-state index in [0.29, 0.717) is 12.6 Å². The van der Waals surface area contributed by atoms with Gasteiger partial charge in [-0.3, -0.25) is 4.90 Å². The van der Waals surface area contributed by atoms with Gasteiger partial charge < -0.3 is 10.2 Å². The second-order valence-corrected chi connectivity index (χ2v) is 6.40. The minimum atomic E-state index is 0.0325. The minimum absolute atomic E-state index is 0.0325. The van der Waals surface area contributed by atoms with Gasteiger partial charge in [0, 0.05) is 38.8 Å². The van der Waals surface area contributed by atoms with Crippen LogP contribution in [0, 0.1) is 0 Å². The Kier molecular flexibility index (Phi) is 5.49. The highest BCUT2D eigenvalue weighted by Gasteiger charge is 2.26. The van der Waals surface area contributed by atoms with Crippen LogP contribution < -0.4 is 5.32 Å². The number of hydrogen-bond acceptors (Lipinski definition) is 2. The van der Waals surface area contributed by atoms with Crippen LogP contribution >= 0.6 is 0 Å². The summed E-state index contributed by atoms with van der Waals surface area (Å²) >= 11 is 0. The van der Waals surface area contributed by atoms with Gasteiger partial charge >= 0.3 is 6.03 Å². The maximum absolute atomic E-state index is 12.4. The molecule has 1 heterocycles. The lowest BCUT2D eigenvalue weighted by atomic mass is 10.1. The Morgan fingerprint density at radius 2 is 1.62 bits per heavy atom. The van der Waals surface area contributed by atoms with Crippen LogP contribution in [0.4, 0.5) is 4.79 Å². The second-order valence-electron chi connectivity index (χ2n) is 6.40. The lowest BCUT2D eigenvalue weighted by Crippen LogP contribution is -2.55. The summed E-state index contributed by atoms with van der Waals surface area (Å²) in [7, 11) is 0. The Balaban J connectivity index is 1.48. The third-order valence-corrected chi connectivity index (χ3v) is 4.57. The van der Waals surface area contributed by atoms with Gasteiger partial charge in [0.2, 0.25) is 0 Å². The maximum Gasteiger partial charge on any atom is 0.317 e. The van der Waals surface area contributed by atoms with Crippen molar-refractivity contribution >= 4 is 6.03 Å². The summed E-state index contributed by atoms with van der Waals surface area (Å²) in [6.45, 7) is 6.18.